The van der Waals surface area contributed by atoms with E-state index < -0.39 is 0 Å². The summed E-state index contributed by atoms with van der Waals surface area (Å²) in [5.74, 6) is 0.208. The first-order valence-corrected chi connectivity index (χ1v) is 7.29. The maximum Gasteiger partial charge on any atom is 0.330 e. The molecule has 1 aliphatic heterocycles. The predicted molar refractivity (Wildman–Crippen MR) is 73.7 cm³/mol. The highest BCUT2D eigenvalue weighted by Gasteiger charge is 2.14. The highest BCUT2D eigenvalue weighted by molar-refractivity contribution is 5.81. The molecule has 1 saturated heterocycles. The SMILES string of the molecule is CCOC(=O)/C=C/CC[C@H](C)COC1CCCCO1. The fourth-order valence-corrected chi connectivity index (χ4v) is 1.95. The number of hydrogen-bond donors (Lipinski definition) is 0. The lowest BCUT2D eigenvalue weighted by atomic mass is 10.1. The Balaban J connectivity index is 2.03. The Morgan fingerprint density at radius 3 is 3.00 bits per heavy atom. The fraction of sp³-hybridized carbons (Fsp3) is 0.800. The van der Waals surface area contributed by atoms with E-state index in [2.05, 4.69) is 6.92 Å². The van der Waals surface area contributed by atoms with E-state index in [0.717, 1.165) is 38.9 Å². The molecule has 0 aromatic rings. The van der Waals surface area contributed by atoms with Crippen LogP contribution in [0.25, 0.3) is 0 Å². The van der Waals surface area contributed by atoms with Crippen molar-refractivity contribution >= 4 is 5.97 Å². The molecule has 1 unspecified atom stereocenters. The molecule has 0 aliphatic carbocycles. The molecule has 19 heavy (non-hydrogen) atoms. The van der Waals surface area contributed by atoms with Crippen molar-refractivity contribution in [2.24, 2.45) is 5.92 Å². The number of esters is 1. The second-order valence-corrected chi connectivity index (χ2v) is 4.97. The normalized spacial score (nSPS) is 21.5. The van der Waals surface area contributed by atoms with E-state index in [-0.39, 0.29) is 12.3 Å². The number of allylic oxidation sites excluding steroid dienone is 1. The van der Waals surface area contributed by atoms with Gasteiger partial charge in [0.25, 0.3) is 0 Å². The summed E-state index contributed by atoms with van der Waals surface area (Å²) in [6.45, 7) is 5.92. The van der Waals surface area contributed by atoms with Gasteiger partial charge in [0, 0.05) is 12.7 Å². The molecule has 1 fully saturated rings. The molecule has 4 nitrogen and oxygen atoms in total. The van der Waals surface area contributed by atoms with Crippen molar-refractivity contribution in [3.8, 4) is 0 Å². The van der Waals surface area contributed by atoms with E-state index in [0.29, 0.717) is 12.5 Å². The Labute approximate surface area is 116 Å². The van der Waals surface area contributed by atoms with Gasteiger partial charge in [0.2, 0.25) is 0 Å². The quantitative estimate of drug-likeness (QED) is 0.502. The molecule has 0 N–H and O–H groups in total. The second-order valence-electron chi connectivity index (χ2n) is 4.97. The molecule has 1 heterocycles. The van der Waals surface area contributed by atoms with E-state index >= 15 is 0 Å². The van der Waals surface area contributed by atoms with Gasteiger partial charge in [0.15, 0.2) is 6.29 Å². The largest absolute Gasteiger partial charge is 0.463 e. The van der Waals surface area contributed by atoms with Crippen LogP contribution < -0.4 is 0 Å². The lowest BCUT2D eigenvalue weighted by molar-refractivity contribution is -0.168. The lowest BCUT2D eigenvalue weighted by Gasteiger charge is -2.24. The Bertz CT molecular complexity index is 269. The molecular weight excluding hydrogens is 244 g/mol. The van der Waals surface area contributed by atoms with Crippen LogP contribution in [0.5, 0.6) is 0 Å². The zero-order valence-corrected chi connectivity index (χ0v) is 12.1. The maximum atomic E-state index is 11.1. The minimum Gasteiger partial charge on any atom is -0.463 e. The average molecular weight is 270 g/mol. The highest BCUT2D eigenvalue weighted by atomic mass is 16.7. The third-order valence-electron chi connectivity index (χ3n) is 3.07. The summed E-state index contributed by atoms with van der Waals surface area (Å²) in [5.41, 5.74) is 0. The summed E-state index contributed by atoms with van der Waals surface area (Å²) in [5, 5.41) is 0. The molecule has 1 aliphatic rings. The first-order chi connectivity index (χ1) is 9.22. The van der Waals surface area contributed by atoms with Crippen molar-refractivity contribution in [2.45, 2.75) is 52.2 Å². The maximum absolute atomic E-state index is 11.1. The zero-order chi connectivity index (χ0) is 13.9. The Hall–Kier alpha value is -0.870. The minimum absolute atomic E-state index is 0.00808. The van der Waals surface area contributed by atoms with Crippen LogP contribution in [0.4, 0.5) is 0 Å². The summed E-state index contributed by atoms with van der Waals surface area (Å²) in [4.78, 5) is 11.1. The minimum atomic E-state index is -0.262. The first-order valence-electron chi connectivity index (χ1n) is 7.29. The average Bonchev–Trinajstić information content (AvgIpc) is 2.43. The van der Waals surface area contributed by atoms with Crippen LogP contribution in [0, 0.1) is 5.92 Å². The van der Waals surface area contributed by atoms with Crippen molar-refractivity contribution in [2.75, 3.05) is 19.8 Å². The Kier molecular flexibility index (Phi) is 8.50. The highest BCUT2D eigenvalue weighted by Crippen LogP contribution is 2.16. The van der Waals surface area contributed by atoms with Crippen molar-refractivity contribution < 1.29 is 19.0 Å². The van der Waals surface area contributed by atoms with Crippen LogP contribution in [-0.2, 0) is 19.0 Å². The van der Waals surface area contributed by atoms with Gasteiger partial charge >= 0.3 is 5.97 Å². The van der Waals surface area contributed by atoms with Gasteiger partial charge in [-0.05, 0) is 44.9 Å². The molecule has 2 atom stereocenters. The Morgan fingerprint density at radius 1 is 1.47 bits per heavy atom. The predicted octanol–water partition coefficient (Wildman–Crippen LogP) is 3.07. The van der Waals surface area contributed by atoms with Gasteiger partial charge in [-0.1, -0.05) is 13.0 Å². The summed E-state index contributed by atoms with van der Waals surface area (Å²) in [6.07, 6.45) is 8.58. The van der Waals surface area contributed by atoms with Gasteiger partial charge < -0.3 is 14.2 Å². The summed E-state index contributed by atoms with van der Waals surface area (Å²) < 4.78 is 16.0. The second kappa shape index (κ2) is 9.98. The van der Waals surface area contributed by atoms with Crippen molar-refractivity contribution in [1.29, 1.82) is 0 Å². The molecular formula is C15H26O4. The van der Waals surface area contributed by atoms with Gasteiger partial charge in [-0.2, -0.15) is 0 Å². The van der Waals surface area contributed by atoms with Gasteiger partial charge in [0.05, 0.1) is 13.2 Å². The molecule has 0 spiro atoms. The topological polar surface area (TPSA) is 44.8 Å². The monoisotopic (exact) mass is 270 g/mol. The van der Waals surface area contributed by atoms with Crippen LogP contribution >= 0.6 is 0 Å². The number of rotatable bonds is 8. The van der Waals surface area contributed by atoms with Crippen molar-refractivity contribution in [1.82, 2.24) is 0 Å². The van der Waals surface area contributed by atoms with E-state index in [9.17, 15) is 4.79 Å². The van der Waals surface area contributed by atoms with Crippen molar-refractivity contribution in [3.63, 3.8) is 0 Å². The molecule has 0 bridgehead atoms. The van der Waals surface area contributed by atoms with Crippen LogP contribution in [0.1, 0.15) is 46.0 Å². The smallest absolute Gasteiger partial charge is 0.330 e. The molecule has 0 amide bonds. The van der Waals surface area contributed by atoms with Gasteiger partial charge in [-0.3, -0.25) is 0 Å². The van der Waals surface area contributed by atoms with E-state index in [1.165, 1.54) is 12.5 Å². The molecule has 1 rings (SSSR count). The van der Waals surface area contributed by atoms with Crippen LogP contribution in [0.2, 0.25) is 0 Å². The van der Waals surface area contributed by atoms with Crippen LogP contribution in [0.15, 0.2) is 12.2 Å². The zero-order valence-electron chi connectivity index (χ0n) is 12.1. The van der Waals surface area contributed by atoms with E-state index in [4.69, 9.17) is 14.2 Å². The fourth-order valence-electron chi connectivity index (χ4n) is 1.95. The molecule has 4 heteroatoms. The van der Waals surface area contributed by atoms with Gasteiger partial charge in [0.1, 0.15) is 0 Å². The molecule has 0 radical (unpaired) electrons. The number of hydrogen-bond acceptors (Lipinski definition) is 4. The Morgan fingerprint density at radius 2 is 2.32 bits per heavy atom. The lowest BCUT2D eigenvalue weighted by Crippen LogP contribution is -2.24. The molecule has 110 valence electrons. The summed E-state index contributed by atoms with van der Waals surface area (Å²) in [6, 6.07) is 0. The van der Waals surface area contributed by atoms with E-state index in [1.54, 1.807) is 6.92 Å². The third-order valence-corrected chi connectivity index (χ3v) is 3.07. The number of carbonyl (C=O) groups excluding carboxylic acids is 1. The molecule has 0 aromatic carbocycles. The standard InChI is InChI=1S/C15H26O4/c1-3-17-14(16)9-5-4-8-13(2)12-19-15-10-6-7-11-18-15/h5,9,13,15H,3-4,6-8,10-12H2,1-2H3/b9-5+/t13-,15?/m0/s1. The summed E-state index contributed by atoms with van der Waals surface area (Å²) >= 11 is 0. The first kappa shape index (κ1) is 16.2. The van der Waals surface area contributed by atoms with Gasteiger partial charge in [-0.25, -0.2) is 4.79 Å². The van der Waals surface area contributed by atoms with Gasteiger partial charge in [-0.15, -0.1) is 0 Å². The summed E-state index contributed by atoms with van der Waals surface area (Å²) in [7, 11) is 0. The molecule has 0 saturated carbocycles. The van der Waals surface area contributed by atoms with E-state index in [1.807, 2.05) is 6.08 Å². The number of ether oxygens (including phenoxy) is 3. The van der Waals surface area contributed by atoms with Crippen LogP contribution in [-0.4, -0.2) is 32.1 Å². The molecule has 0 aromatic heterocycles. The van der Waals surface area contributed by atoms with Crippen LogP contribution in [0.3, 0.4) is 0 Å². The number of carbonyl (C=O) groups is 1. The third kappa shape index (κ3) is 8.01. The van der Waals surface area contributed by atoms with Crippen molar-refractivity contribution in [3.05, 3.63) is 12.2 Å².